The zero-order valence-corrected chi connectivity index (χ0v) is 19.0. The van der Waals surface area contributed by atoms with Crippen LogP contribution in [0.2, 0.25) is 10.0 Å². The number of carbonyl (C=O) groups excluding carboxylic acids is 1. The van der Waals surface area contributed by atoms with Gasteiger partial charge < -0.3 is 11.1 Å². The number of nitrogen functional groups attached to an aromatic ring is 1. The third kappa shape index (κ3) is 4.40. The monoisotopic (exact) mass is 468 g/mol. The fourth-order valence-electron chi connectivity index (χ4n) is 3.37. The largest absolute Gasteiger partial charge is 0.383 e. The van der Waals surface area contributed by atoms with Gasteiger partial charge in [-0.25, -0.2) is 9.97 Å². The molecule has 0 radical (unpaired) electrons. The summed E-state index contributed by atoms with van der Waals surface area (Å²) < 4.78 is 1.43. The van der Waals surface area contributed by atoms with E-state index in [1.54, 1.807) is 24.4 Å². The molecule has 0 saturated carbocycles. The number of halogens is 2. The number of unbranched alkanes of at least 4 members (excludes halogenated alkanes) is 2. The summed E-state index contributed by atoms with van der Waals surface area (Å²) in [5.41, 5.74) is 9.53. The van der Waals surface area contributed by atoms with Gasteiger partial charge in [0.25, 0.3) is 5.91 Å². The Hall–Kier alpha value is -3.16. The van der Waals surface area contributed by atoms with E-state index < -0.39 is 0 Å². The molecule has 164 valence electrons. The number of para-hydroxylation sites is 2. The number of amides is 1. The number of nitrogens with zero attached hydrogens (tertiary/aromatic N) is 4. The van der Waals surface area contributed by atoms with Crippen LogP contribution in [0.3, 0.4) is 0 Å². The lowest BCUT2D eigenvalue weighted by Gasteiger charge is -2.05. The lowest BCUT2D eigenvalue weighted by Crippen LogP contribution is -2.25. The molecule has 4 aromatic rings. The van der Waals surface area contributed by atoms with Gasteiger partial charge in [-0.3, -0.25) is 4.79 Å². The van der Waals surface area contributed by atoms with Gasteiger partial charge in [0.05, 0.1) is 27.3 Å². The second-order valence-electron chi connectivity index (χ2n) is 7.34. The molecule has 7 nitrogen and oxygen atoms in total. The van der Waals surface area contributed by atoms with E-state index in [1.165, 1.54) is 4.68 Å². The first-order valence-corrected chi connectivity index (χ1v) is 11.1. The fourth-order valence-corrected chi connectivity index (χ4v) is 3.68. The van der Waals surface area contributed by atoms with Crippen LogP contribution in [0.25, 0.3) is 22.2 Å². The Morgan fingerprint density at radius 2 is 1.88 bits per heavy atom. The molecule has 3 N–H and O–H groups in total. The molecule has 0 atom stereocenters. The molecule has 0 fully saturated rings. The minimum Gasteiger partial charge on any atom is -0.383 e. The minimum absolute atomic E-state index is 0.166. The molecule has 2 aromatic heterocycles. The Kier molecular flexibility index (Phi) is 6.58. The predicted molar refractivity (Wildman–Crippen MR) is 131 cm³/mol. The molecule has 0 bridgehead atoms. The van der Waals surface area contributed by atoms with E-state index in [1.807, 2.05) is 24.3 Å². The number of fused-ring (bicyclic) bond motifs is 2. The Bertz CT molecular complexity index is 1330. The number of rotatable bonds is 7. The minimum atomic E-state index is -0.295. The standard InChI is InChI=1S/C23H22Cl2N6O/c1-2-3-6-11-27-23(32)19-20-22(30-18-8-5-4-7-17(18)29-20)31(21(19)26)28-13-14-9-10-15(24)16(25)12-14/h4-5,7-10,12-13H,2-3,6,11,26H2,1H3,(H,27,32). The maximum absolute atomic E-state index is 13.0. The predicted octanol–water partition coefficient (Wildman–Crippen LogP) is 5.28. The van der Waals surface area contributed by atoms with Crippen LogP contribution in [0.15, 0.2) is 47.6 Å². The number of nitrogens with two attached hydrogens (primary N) is 1. The highest BCUT2D eigenvalue weighted by Crippen LogP contribution is 2.28. The van der Waals surface area contributed by atoms with Gasteiger partial charge in [0.15, 0.2) is 5.65 Å². The summed E-state index contributed by atoms with van der Waals surface area (Å²) in [6.45, 7) is 2.67. The van der Waals surface area contributed by atoms with E-state index in [9.17, 15) is 4.79 Å². The topological polar surface area (TPSA) is 98.2 Å². The molecule has 1 amide bonds. The van der Waals surface area contributed by atoms with Gasteiger partial charge in [-0.05, 0) is 36.2 Å². The molecule has 0 aliphatic heterocycles. The number of aromatic nitrogens is 3. The van der Waals surface area contributed by atoms with Crippen molar-refractivity contribution in [1.82, 2.24) is 20.0 Å². The summed E-state index contributed by atoms with van der Waals surface area (Å²) in [7, 11) is 0. The van der Waals surface area contributed by atoms with Crippen molar-refractivity contribution in [3.8, 4) is 0 Å². The second kappa shape index (κ2) is 9.54. The third-order valence-electron chi connectivity index (χ3n) is 5.03. The van der Waals surface area contributed by atoms with Crippen LogP contribution in [0, 0.1) is 0 Å². The maximum atomic E-state index is 13.0. The van der Waals surface area contributed by atoms with Crippen molar-refractivity contribution >= 4 is 63.3 Å². The average molecular weight is 469 g/mol. The SMILES string of the molecule is CCCCCNC(=O)c1c(N)n(N=Cc2ccc(Cl)c(Cl)c2)c2nc3ccccc3nc12. The van der Waals surface area contributed by atoms with Crippen LogP contribution in [0.5, 0.6) is 0 Å². The summed E-state index contributed by atoms with van der Waals surface area (Å²) in [5, 5.41) is 8.28. The van der Waals surface area contributed by atoms with Gasteiger partial charge in [-0.15, -0.1) is 0 Å². The molecule has 0 unspecified atom stereocenters. The van der Waals surface area contributed by atoms with Crippen molar-refractivity contribution in [1.29, 1.82) is 0 Å². The Labute approximate surface area is 195 Å². The number of nitrogens with one attached hydrogen (secondary N) is 1. The van der Waals surface area contributed by atoms with E-state index in [2.05, 4.69) is 27.3 Å². The summed E-state index contributed by atoms with van der Waals surface area (Å²) in [6, 6.07) is 12.6. The van der Waals surface area contributed by atoms with Gasteiger partial charge in [0.1, 0.15) is 16.9 Å². The van der Waals surface area contributed by atoms with Gasteiger partial charge in [0.2, 0.25) is 0 Å². The summed E-state index contributed by atoms with van der Waals surface area (Å²) in [5.74, 6) is -0.128. The van der Waals surface area contributed by atoms with Crippen molar-refractivity contribution in [2.45, 2.75) is 26.2 Å². The molecule has 0 aliphatic carbocycles. The first-order valence-electron chi connectivity index (χ1n) is 10.3. The van der Waals surface area contributed by atoms with E-state index in [4.69, 9.17) is 28.9 Å². The van der Waals surface area contributed by atoms with E-state index >= 15 is 0 Å². The Morgan fingerprint density at radius 1 is 1.12 bits per heavy atom. The van der Waals surface area contributed by atoms with Crippen LogP contribution < -0.4 is 11.1 Å². The van der Waals surface area contributed by atoms with Crippen molar-refractivity contribution in [3.05, 3.63) is 63.6 Å². The first-order chi connectivity index (χ1) is 15.5. The zero-order valence-electron chi connectivity index (χ0n) is 17.5. The van der Waals surface area contributed by atoms with Crippen LogP contribution in [-0.2, 0) is 0 Å². The highest BCUT2D eigenvalue weighted by Gasteiger charge is 2.23. The molecule has 4 rings (SSSR count). The lowest BCUT2D eigenvalue weighted by atomic mass is 10.2. The van der Waals surface area contributed by atoms with E-state index in [-0.39, 0.29) is 17.3 Å². The van der Waals surface area contributed by atoms with Crippen LogP contribution in [-0.4, -0.2) is 33.3 Å². The van der Waals surface area contributed by atoms with Crippen molar-refractivity contribution in [3.63, 3.8) is 0 Å². The molecule has 0 saturated heterocycles. The average Bonchev–Trinajstić information content (AvgIpc) is 3.06. The molecule has 32 heavy (non-hydrogen) atoms. The maximum Gasteiger partial charge on any atom is 0.257 e. The third-order valence-corrected chi connectivity index (χ3v) is 5.77. The molecule has 9 heteroatoms. The zero-order chi connectivity index (χ0) is 22.7. The molecule has 0 aliphatic rings. The highest BCUT2D eigenvalue weighted by molar-refractivity contribution is 6.42. The number of carbonyl (C=O) groups is 1. The smallest absolute Gasteiger partial charge is 0.257 e. The quantitative estimate of drug-likeness (QED) is 0.284. The van der Waals surface area contributed by atoms with E-state index in [0.717, 1.165) is 24.8 Å². The van der Waals surface area contributed by atoms with Crippen molar-refractivity contribution in [2.75, 3.05) is 12.3 Å². The number of benzene rings is 2. The fraction of sp³-hybridized carbons (Fsp3) is 0.217. The normalized spacial score (nSPS) is 11.6. The lowest BCUT2D eigenvalue weighted by molar-refractivity contribution is 0.0955. The number of anilines is 1. The van der Waals surface area contributed by atoms with Crippen molar-refractivity contribution in [2.24, 2.45) is 5.10 Å². The van der Waals surface area contributed by atoms with Crippen LogP contribution in [0.1, 0.15) is 42.1 Å². The van der Waals surface area contributed by atoms with Crippen molar-refractivity contribution < 1.29 is 4.79 Å². The summed E-state index contributed by atoms with van der Waals surface area (Å²) in [4.78, 5) is 22.3. The number of hydrogen-bond acceptors (Lipinski definition) is 5. The van der Waals surface area contributed by atoms with Gasteiger partial charge in [-0.2, -0.15) is 9.78 Å². The van der Waals surface area contributed by atoms with E-state index in [0.29, 0.717) is 38.8 Å². The second-order valence-corrected chi connectivity index (χ2v) is 8.15. The van der Waals surface area contributed by atoms with Gasteiger partial charge in [-0.1, -0.05) is 61.2 Å². The number of hydrogen-bond donors (Lipinski definition) is 2. The van der Waals surface area contributed by atoms with Crippen LogP contribution >= 0.6 is 23.2 Å². The first kappa shape index (κ1) is 22.0. The molecule has 2 aromatic carbocycles. The van der Waals surface area contributed by atoms with Crippen LogP contribution in [0.4, 0.5) is 5.82 Å². The van der Waals surface area contributed by atoms with Gasteiger partial charge >= 0.3 is 0 Å². The molecular formula is C23H22Cl2N6O. The Balaban J connectivity index is 1.81. The molecule has 0 spiro atoms. The highest BCUT2D eigenvalue weighted by atomic mass is 35.5. The molecular weight excluding hydrogens is 447 g/mol. The summed E-state index contributed by atoms with van der Waals surface area (Å²) in [6.07, 6.45) is 4.58. The van der Waals surface area contributed by atoms with Gasteiger partial charge in [0, 0.05) is 6.54 Å². The Morgan fingerprint density at radius 3 is 2.59 bits per heavy atom. The summed E-state index contributed by atoms with van der Waals surface area (Å²) >= 11 is 12.1. The molecule has 2 heterocycles.